The van der Waals surface area contributed by atoms with Gasteiger partial charge in [-0.05, 0) is 40.5 Å². The highest BCUT2D eigenvalue weighted by Crippen LogP contribution is 2.15. The highest BCUT2D eigenvalue weighted by atomic mass is 16.5. The van der Waals surface area contributed by atoms with Crippen molar-refractivity contribution in [1.82, 2.24) is 9.97 Å². The topological polar surface area (TPSA) is 84.3 Å². The van der Waals surface area contributed by atoms with Crippen LogP contribution in [-0.4, -0.2) is 33.2 Å². The molecule has 1 unspecified atom stereocenters. The van der Waals surface area contributed by atoms with Gasteiger partial charge in [0.2, 0.25) is 11.8 Å². The Morgan fingerprint density at radius 1 is 1.40 bits per heavy atom. The van der Waals surface area contributed by atoms with Gasteiger partial charge in [0.15, 0.2) is 0 Å². The van der Waals surface area contributed by atoms with E-state index in [9.17, 15) is 4.79 Å². The van der Waals surface area contributed by atoms with Crippen molar-refractivity contribution in [2.45, 2.75) is 59.1 Å². The summed E-state index contributed by atoms with van der Waals surface area (Å²) in [7, 11) is 0. The fraction of sp³-hybridized carbons (Fsp3) is 0.643. The second-order valence-corrected chi connectivity index (χ2v) is 5.17. The van der Waals surface area contributed by atoms with Gasteiger partial charge in [-0.25, -0.2) is 4.98 Å². The van der Waals surface area contributed by atoms with Gasteiger partial charge in [0.25, 0.3) is 0 Å². The molecule has 0 bridgehead atoms. The van der Waals surface area contributed by atoms with Gasteiger partial charge >= 0.3 is 5.97 Å². The van der Waals surface area contributed by atoms with Crippen LogP contribution in [0.15, 0.2) is 6.07 Å². The molecule has 112 valence electrons. The summed E-state index contributed by atoms with van der Waals surface area (Å²) in [5.41, 5.74) is 0.830. The summed E-state index contributed by atoms with van der Waals surface area (Å²) in [5.74, 6) is 0.299. The van der Waals surface area contributed by atoms with Crippen LogP contribution in [0.1, 0.15) is 45.7 Å². The molecule has 0 aromatic carbocycles. The minimum Gasteiger partial charge on any atom is -0.481 e. The molecule has 0 spiro atoms. The normalized spacial score (nSPS) is 12.2. The number of nitrogens with one attached hydrogen (secondary N) is 1. The zero-order valence-corrected chi connectivity index (χ0v) is 12.5. The maximum absolute atomic E-state index is 10.5. The number of hydrogen-bond donors (Lipinski definition) is 2. The standard InChI is InChI=1S/C14H23N3O3/c1-9(2)20-12-8-11(4)16-14(17-12)15-10(3)6-5-7-13(18)19/h8-10H,5-7H2,1-4H3,(H,18,19)(H,15,16,17). The number of aliphatic carboxylic acids is 1. The van der Waals surface area contributed by atoms with Crippen LogP contribution in [0.25, 0.3) is 0 Å². The lowest BCUT2D eigenvalue weighted by atomic mass is 10.1. The minimum absolute atomic E-state index is 0.0603. The number of carboxylic acid groups (broad SMARTS) is 1. The number of nitrogens with zero attached hydrogens (tertiary/aromatic N) is 2. The van der Waals surface area contributed by atoms with E-state index < -0.39 is 5.97 Å². The van der Waals surface area contributed by atoms with Crippen molar-refractivity contribution >= 4 is 11.9 Å². The van der Waals surface area contributed by atoms with E-state index in [0.717, 1.165) is 12.1 Å². The Balaban J connectivity index is 2.57. The van der Waals surface area contributed by atoms with Gasteiger partial charge in [-0.3, -0.25) is 4.79 Å². The molecule has 0 fully saturated rings. The van der Waals surface area contributed by atoms with Crippen molar-refractivity contribution in [2.75, 3.05) is 5.32 Å². The number of anilines is 1. The first kappa shape index (κ1) is 16.2. The van der Waals surface area contributed by atoms with Gasteiger partial charge in [0.05, 0.1) is 6.10 Å². The Labute approximate surface area is 119 Å². The SMILES string of the molecule is Cc1cc(OC(C)C)nc(NC(C)CCCC(=O)O)n1. The summed E-state index contributed by atoms with van der Waals surface area (Å²) in [6.07, 6.45) is 1.63. The number of rotatable bonds is 8. The first-order valence-corrected chi connectivity index (χ1v) is 6.87. The van der Waals surface area contributed by atoms with Gasteiger partial charge in [0.1, 0.15) is 0 Å². The van der Waals surface area contributed by atoms with Crippen LogP contribution in [0.5, 0.6) is 5.88 Å². The van der Waals surface area contributed by atoms with Crippen molar-refractivity contribution in [3.63, 3.8) is 0 Å². The summed E-state index contributed by atoms with van der Waals surface area (Å²) in [6.45, 7) is 7.75. The molecule has 1 aromatic rings. The van der Waals surface area contributed by atoms with Crippen LogP contribution in [0.4, 0.5) is 5.95 Å². The number of aryl methyl sites for hydroxylation is 1. The van der Waals surface area contributed by atoms with Crippen molar-refractivity contribution in [2.24, 2.45) is 0 Å². The van der Waals surface area contributed by atoms with Crippen LogP contribution in [-0.2, 0) is 4.79 Å². The lowest BCUT2D eigenvalue weighted by Crippen LogP contribution is -2.18. The molecule has 1 atom stereocenters. The van der Waals surface area contributed by atoms with E-state index in [1.165, 1.54) is 0 Å². The summed E-state index contributed by atoms with van der Waals surface area (Å²) < 4.78 is 5.56. The van der Waals surface area contributed by atoms with Gasteiger partial charge in [-0.2, -0.15) is 4.98 Å². The predicted molar refractivity (Wildman–Crippen MR) is 77.1 cm³/mol. The Hall–Kier alpha value is -1.85. The highest BCUT2D eigenvalue weighted by molar-refractivity contribution is 5.66. The fourth-order valence-corrected chi connectivity index (χ4v) is 1.76. The van der Waals surface area contributed by atoms with Crippen molar-refractivity contribution in [3.8, 4) is 5.88 Å². The third kappa shape index (κ3) is 6.36. The largest absolute Gasteiger partial charge is 0.481 e. The third-order valence-electron chi connectivity index (χ3n) is 2.59. The lowest BCUT2D eigenvalue weighted by molar-refractivity contribution is -0.137. The monoisotopic (exact) mass is 281 g/mol. The molecule has 1 rings (SSSR count). The molecule has 0 aliphatic carbocycles. The molecule has 6 nitrogen and oxygen atoms in total. The van der Waals surface area contributed by atoms with Crippen LogP contribution in [0.2, 0.25) is 0 Å². The second kappa shape index (κ2) is 7.67. The lowest BCUT2D eigenvalue weighted by Gasteiger charge is -2.15. The maximum atomic E-state index is 10.5. The van der Waals surface area contributed by atoms with Crippen LogP contribution < -0.4 is 10.1 Å². The van der Waals surface area contributed by atoms with Crippen molar-refractivity contribution < 1.29 is 14.6 Å². The van der Waals surface area contributed by atoms with E-state index in [4.69, 9.17) is 9.84 Å². The van der Waals surface area contributed by atoms with Crippen molar-refractivity contribution in [3.05, 3.63) is 11.8 Å². The number of carbonyl (C=O) groups is 1. The minimum atomic E-state index is -0.767. The zero-order chi connectivity index (χ0) is 15.1. The van der Waals surface area contributed by atoms with Gasteiger partial charge < -0.3 is 15.2 Å². The van der Waals surface area contributed by atoms with E-state index in [2.05, 4.69) is 15.3 Å². The summed E-state index contributed by atoms with van der Waals surface area (Å²) in [5, 5.41) is 11.8. The van der Waals surface area contributed by atoms with E-state index >= 15 is 0 Å². The Morgan fingerprint density at radius 3 is 2.70 bits per heavy atom. The molecule has 0 saturated carbocycles. The van der Waals surface area contributed by atoms with Gasteiger partial charge in [-0.1, -0.05) is 0 Å². The average Bonchev–Trinajstić information content (AvgIpc) is 2.25. The van der Waals surface area contributed by atoms with Crippen LogP contribution in [0, 0.1) is 6.92 Å². The smallest absolute Gasteiger partial charge is 0.303 e. The van der Waals surface area contributed by atoms with Crippen molar-refractivity contribution in [1.29, 1.82) is 0 Å². The first-order chi connectivity index (χ1) is 9.36. The van der Waals surface area contributed by atoms with Crippen LogP contribution in [0.3, 0.4) is 0 Å². The second-order valence-electron chi connectivity index (χ2n) is 5.17. The number of hydrogen-bond acceptors (Lipinski definition) is 5. The summed E-state index contributed by atoms with van der Waals surface area (Å²) in [4.78, 5) is 19.1. The molecule has 0 saturated heterocycles. The maximum Gasteiger partial charge on any atom is 0.303 e. The summed E-state index contributed by atoms with van der Waals surface area (Å²) in [6, 6.07) is 1.91. The first-order valence-electron chi connectivity index (χ1n) is 6.87. The molecule has 0 aliphatic rings. The molecule has 2 N–H and O–H groups in total. The molecule has 0 radical (unpaired) electrons. The van der Waals surface area contributed by atoms with Gasteiger partial charge in [0, 0.05) is 24.2 Å². The van der Waals surface area contributed by atoms with E-state index in [0.29, 0.717) is 18.2 Å². The highest BCUT2D eigenvalue weighted by Gasteiger charge is 2.09. The molecule has 6 heteroatoms. The number of ether oxygens (including phenoxy) is 1. The molecule has 0 aliphatic heterocycles. The average molecular weight is 281 g/mol. The molecular weight excluding hydrogens is 258 g/mol. The van der Waals surface area contributed by atoms with E-state index in [1.807, 2.05) is 27.7 Å². The number of carboxylic acids is 1. The third-order valence-corrected chi connectivity index (χ3v) is 2.59. The fourth-order valence-electron chi connectivity index (χ4n) is 1.76. The van der Waals surface area contributed by atoms with Crippen LogP contribution >= 0.6 is 0 Å². The molecule has 1 aromatic heterocycles. The summed E-state index contributed by atoms with van der Waals surface area (Å²) >= 11 is 0. The zero-order valence-electron chi connectivity index (χ0n) is 12.5. The predicted octanol–water partition coefficient (Wildman–Crippen LogP) is 2.63. The number of aromatic nitrogens is 2. The molecule has 20 heavy (non-hydrogen) atoms. The molecule has 0 amide bonds. The van der Waals surface area contributed by atoms with E-state index in [-0.39, 0.29) is 18.6 Å². The molecular formula is C14H23N3O3. The Kier molecular flexibility index (Phi) is 6.21. The molecule has 1 heterocycles. The Bertz CT molecular complexity index is 449. The van der Waals surface area contributed by atoms with Gasteiger partial charge in [-0.15, -0.1) is 0 Å². The van der Waals surface area contributed by atoms with E-state index in [1.54, 1.807) is 6.07 Å². The Morgan fingerprint density at radius 2 is 2.10 bits per heavy atom. The quantitative estimate of drug-likeness (QED) is 0.762.